The topological polar surface area (TPSA) is 236 Å². The van der Waals surface area contributed by atoms with Crippen molar-refractivity contribution in [3.8, 4) is 0 Å². The second-order valence-corrected chi connectivity index (χ2v) is 9.22. The van der Waals surface area contributed by atoms with Crippen molar-refractivity contribution in [2.75, 3.05) is 19.5 Å². The smallest absolute Gasteiger partial charge is 0.346 e. The number of hydrogen-bond donors (Lipinski definition) is 9. The van der Waals surface area contributed by atoms with Crippen LogP contribution in [0.2, 0.25) is 0 Å². The third-order valence-corrected chi connectivity index (χ3v) is 6.97. The lowest BCUT2D eigenvalue weighted by Crippen LogP contribution is -2.66. The number of carboxylic acid groups (broad SMARTS) is 1. The number of carbonyl (C=O) groups is 2. The fraction of sp³-hybridized carbons (Fsp3) is 0.889. The number of carbonyl (C=O) groups excluding carboxylic acids is 1. The van der Waals surface area contributed by atoms with Crippen molar-refractivity contribution < 1.29 is 64.7 Å². The van der Waals surface area contributed by atoms with Crippen molar-refractivity contribution in [2.24, 2.45) is 0 Å². The minimum absolute atomic E-state index is 0.319. The van der Waals surface area contributed by atoms with Crippen LogP contribution in [0.4, 0.5) is 0 Å². The van der Waals surface area contributed by atoms with E-state index >= 15 is 0 Å². The van der Waals surface area contributed by atoms with Crippen LogP contribution in [-0.4, -0.2) is 138 Å². The number of aliphatic hydroxyl groups is 7. The fourth-order valence-electron chi connectivity index (χ4n) is 3.74. The van der Waals surface area contributed by atoms with Gasteiger partial charge in [-0.05, 0) is 0 Å². The van der Waals surface area contributed by atoms with E-state index in [1.807, 2.05) is 0 Å². The zero-order chi connectivity index (χ0) is 25.1. The van der Waals surface area contributed by atoms with Gasteiger partial charge in [0.1, 0.15) is 36.6 Å². The van der Waals surface area contributed by atoms with Crippen molar-refractivity contribution in [3.05, 3.63) is 0 Å². The molecule has 2 fully saturated rings. The second kappa shape index (κ2) is 11.5. The molecule has 0 aromatic heterocycles. The van der Waals surface area contributed by atoms with Crippen LogP contribution in [0.15, 0.2) is 0 Å². The molecule has 15 heteroatoms. The number of aliphatic hydroxyl groups excluding tert-OH is 7. The molecule has 33 heavy (non-hydrogen) atoms. The van der Waals surface area contributed by atoms with Crippen molar-refractivity contribution in [3.63, 3.8) is 0 Å². The molecule has 1 amide bonds. The lowest BCUT2D eigenvalue weighted by Gasteiger charge is -2.47. The maximum absolute atomic E-state index is 12.2. The van der Waals surface area contributed by atoms with E-state index in [4.69, 9.17) is 19.3 Å². The number of aliphatic carboxylic acids is 1. The second-order valence-electron chi connectivity index (χ2n) is 7.94. The molecule has 2 aliphatic heterocycles. The van der Waals surface area contributed by atoms with Gasteiger partial charge in [-0.3, -0.25) is 4.79 Å². The first-order valence-corrected chi connectivity index (χ1v) is 11.1. The molecule has 0 radical (unpaired) electrons. The van der Waals surface area contributed by atoms with Gasteiger partial charge in [0.15, 0.2) is 6.29 Å². The number of amides is 1. The predicted octanol–water partition coefficient (Wildman–Crippen LogP) is -4.68. The first kappa shape index (κ1) is 28.1. The van der Waals surface area contributed by atoms with Gasteiger partial charge in [0.05, 0.1) is 24.9 Å². The molecule has 9 N–H and O–H groups in total. The van der Waals surface area contributed by atoms with Crippen molar-refractivity contribution in [2.45, 2.75) is 79.4 Å². The van der Waals surface area contributed by atoms with Crippen LogP contribution in [0.3, 0.4) is 0 Å². The Morgan fingerprint density at radius 1 is 1.18 bits per heavy atom. The Kier molecular flexibility index (Phi) is 9.84. The zero-order valence-corrected chi connectivity index (χ0v) is 18.7. The number of carboxylic acids is 1. The summed E-state index contributed by atoms with van der Waals surface area (Å²) in [6, 6.07) is -1.31. The molecule has 0 spiro atoms. The lowest BCUT2D eigenvalue weighted by atomic mass is 9.90. The van der Waals surface area contributed by atoms with E-state index in [1.54, 1.807) is 0 Å². The van der Waals surface area contributed by atoms with E-state index in [2.05, 4.69) is 5.32 Å². The maximum Gasteiger partial charge on any atom is 0.346 e. The van der Waals surface area contributed by atoms with Crippen molar-refractivity contribution >= 4 is 23.6 Å². The van der Waals surface area contributed by atoms with E-state index in [0.717, 1.165) is 6.92 Å². The van der Waals surface area contributed by atoms with Gasteiger partial charge in [-0.1, -0.05) is 0 Å². The van der Waals surface area contributed by atoms with Gasteiger partial charge >= 0.3 is 5.97 Å². The predicted molar refractivity (Wildman–Crippen MR) is 109 cm³/mol. The van der Waals surface area contributed by atoms with Gasteiger partial charge in [0, 0.05) is 26.2 Å². The SMILES string of the molecule is CO[C@H]1O[C@H](CS[C@]2(C(=O)O)C[C@H](O)[C@@H](NC(C)=O)[C@H]([C@H](O)[C@H](O)CO)O2)[C@@H](O)[C@H](O)[C@H]1O. The minimum atomic E-state index is -2.23. The fourth-order valence-corrected chi connectivity index (χ4v) is 5.04. The van der Waals surface area contributed by atoms with E-state index < -0.39 is 91.0 Å². The van der Waals surface area contributed by atoms with Gasteiger partial charge in [-0.15, -0.1) is 11.8 Å². The molecule has 0 saturated carbocycles. The molecule has 11 atom stereocenters. The van der Waals surface area contributed by atoms with Gasteiger partial charge in [-0.2, -0.15) is 0 Å². The molecule has 2 heterocycles. The van der Waals surface area contributed by atoms with Crippen LogP contribution in [0.1, 0.15) is 13.3 Å². The lowest BCUT2D eigenvalue weighted by molar-refractivity contribution is -0.285. The summed E-state index contributed by atoms with van der Waals surface area (Å²) in [4.78, 5) is 21.5. The van der Waals surface area contributed by atoms with Crippen LogP contribution in [0, 0.1) is 0 Å². The highest BCUT2D eigenvalue weighted by atomic mass is 32.2. The third-order valence-electron chi connectivity index (χ3n) is 5.57. The average Bonchev–Trinajstić information content (AvgIpc) is 2.77. The van der Waals surface area contributed by atoms with E-state index in [9.17, 15) is 45.3 Å². The summed E-state index contributed by atoms with van der Waals surface area (Å²) in [6.45, 7) is 0.220. The van der Waals surface area contributed by atoms with Crippen LogP contribution in [0.25, 0.3) is 0 Å². The summed E-state index contributed by atoms with van der Waals surface area (Å²) in [5.41, 5.74) is 0. The summed E-state index contributed by atoms with van der Waals surface area (Å²) in [6.07, 6.45) is -14.7. The zero-order valence-electron chi connectivity index (χ0n) is 17.9. The first-order chi connectivity index (χ1) is 15.4. The molecular formula is C18H31NO13S. The first-order valence-electron chi connectivity index (χ1n) is 10.1. The Labute approximate surface area is 193 Å². The standard InChI is InChI=1S/C18H31NO13S/c1-6(21)19-10-7(22)3-18(17(28)29,32-15(10)11(24)8(23)4-20)33-5-9-12(25)13(26)14(27)16(30-2)31-9/h7-16,20,22-27H,3-5H2,1-2H3,(H,19,21)(H,28,29)/t7-,8+,9+,10+,11+,12+,13-,14+,15+,16-,18-/m0/s1. The van der Waals surface area contributed by atoms with Gasteiger partial charge in [0.25, 0.3) is 0 Å². The molecular weight excluding hydrogens is 470 g/mol. The Morgan fingerprint density at radius 2 is 1.82 bits per heavy atom. The molecule has 0 aliphatic carbocycles. The van der Waals surface area contributed by atoms with Gasteiger partial charge in [0.2, 0.25) is 10.8 Å². The highest BCUT2D eigenvalue weighted by Gasteiger charge is 2.56. The third kappa shape index (κ3) is 6.12. The average molecular weight is 502 g/mol. The molecule has 0 unspecified atom stereocenters. The molecule has 0 bridgehead atoms. The molecule has 0 aromatic carbocycles. The quantitative estimate of drug-likeness (QED) is 0.144. The molecule has 192 valence electrons. The summed E-state index contributed by atoms with van der Waals surface area (Å²) >= 11 is 0.561. The van der Waals surface area contributed by atoms with Crippen LogP contribution >= 0.6 is 11.8 Å². The number of methoxy groups -OCH3 is 1. The highest BCUT2D eigenvalue weighted by Crippen LogP contribution is 2.41. The van der Waals surface area contributed by atoms with E-state index in [-0.39, 0.29) is 5.75 Å². The number of ether oxygens (including phenoxy) is 3. The maximum atomic E-state index is 12.2. The number of nitrogens with one attached hydrogen (secondary N) is 1. The summed E-state index contributed by atoms with van der Waals surface area (Å²) in [5.74, 6) is -2.51. The molecule has 2 saturated heterocycles. The summed E-state index contributed by atoms with van der Waals surface area (Å²) < 4.78 is 15.9. The monoisotopic (exact) mass is 501 g/mol. The van der Waals surface area contributed by atoms with Gasteiger partial charge in [-0.25, -0.2) is 4.79 Å². The van der Waals surface area contributed by atoms with Crippen molar-refractivity contribution in [1.82, 2.24) is 5.32 Å². The summed E-state index contributed by atoms with van der Waals surface area (Å²) in [5, 5.41) is 82.4. The van der Waals surface area contributed by atoms with Crippen LogP contribution < -0.4 is 5.32 Å². The van der Waals surface area contributed by atoms with Crippen LogP contribution in [0.5, 0.6) is 0 Å². The summed E-state index contributed by atoms with van der Waals surface area (Å²) in [7, 11) is 1.20. The minimum Gasteiger partial charge on any atom is -0.478 e. The van der Waals surface area contributed by atoms with Gasteiger partial charge < -0.3 is 60.4 Å². The largest absolute Gasteiger partial charge is 0.478 e. The normalized spacial score (nSPS) is 41.2. The van der Waals surface area contributed by atoms with E-state index in [1.165, 1.54) is 7.11 Å². The molecule has 2 rings (SSSR count). The Balaban J connectivity index is 2.28. The Bertz CT molecular complexity index is 684. The Hall–Kier alpha value is -1.11. The highest BCUT2D eigenvalue weighted by molar-refractivity contribution is 8.01. The van der Waals surface area contributed by atoms with E-state index in [0.29, 0.717) is 11.8 Å². The number of thioether (sulfide) groups is 1. The van der Waals surface area contributed by atoms with Crippen LogP contribution in [-0.2, 0) is 23.8 Å². The molecule has 14 nitrogen and oxygen atoms in total. The molecule has 0 aromatic rings. The Morgan fingerprint density at radius 3 is 2.33 bits per heavy atom. The number of hydrogen-bond acceptors (Lipinski definition) is 13. The number of rotatable bonds is 9. The van der Waals surface area contributed by atoms with Crippen molar-refractivity contribution in [1.29, 1.82) is 0 Å². The molecule has 2 aliphatic rings.